The van der Waals surface area contributed by atoms with Crippen LogP contribution in [-0.2, 0) is 0 Å². The third kappa shape index (κ3) is 4.68. The second kappa shape index (κ2) is 7.62. The number of nitrogens with zero attached hydrogens (tertiary/aromatic N) is 2. The van der Waals surface area contributed by atoms with Crippen LogP contribution in [0.15, 0.2) is 29.4 Å². The number of thiocarbonyl (C=S) groups is 1. The summed E-state index contributed by atoms with van der Waals surface area (Å²) in [6.45, 7) is 0.760. The molecule has 0 amide bonds. The number of nitrogens with one attached hydrogen (secondary N) is 2. The van der Waals surface area contributed by atoms with Gasteiger partial charge in [-0.15, -0.1) is 0 Å². The van der Waals surface area contributed by atoms with Gasteiger partial charge >= 0.3 is 0 Å². The van der Waals surface area contributed by atoms with E-state index in [1.54, 1.807) is 13.3 Å². The van der Waals surface area contributed by atoms with E-state index < -0.39 is 0 Å². The summed E-state index contributed by atoms with van der Waals surface area (Å²) in [7, 11) is 3.67. The molecule has 0 aliphatic rings. The van der Waals surface area contributed by atoms with Crippen LogP contribution >= 0.6 is 12.2 Å². The maximum Gasteiger partial charge on any atom is 0.186 e. The number of aliphatic hydroxyl groups excluding tert-OH is 1. The van der Waals surface area contributed by atoms with Gasteiger partial charge in [-0.2, -0.15) is 5.10 Å². The molecule has 18 heavy (non-hydrogen) atoms. The lowest BCUT2D eigenvalue weighted by Gasteiger charge is -2.17. The highest BCUT2D eigenvalue weighted by atomic mass is 32.1. The highest BCUT2D eigenvalue weighted by Crippen LogP contribution is 2.12. The predicted molar refractivity (Wildman–Crippen MR) is 79.2 cm³/mol. The molecule has 0 aliphatic carbocycles. The molecule has 0 radical (unpaired) electrons. The van der Waals surface area contributed by atoms with Crippen LogP contribution < -0.4 is 15.6 Å². The standard InChI is InChI=1S/C12H18N4OS/c1-13-12(18)15-14-9-10-3-5-11(6-4-10)16(2)7-8-17/h3-6,9,17H,7-8H2,1-2H3,(H2,13,15,18)/b14-9+. The third-order valence-corrected chi connectivity index (χ3v) is 2.67. The smallest absolute Gasteiger partial charge is 0.186 e. The summed E-state index contributed by atoms with van der Waals surface area (Å²) in [5.41, 5.74) is 4.71. The Balaban J connectivity index is 2.57. The molecule has 0 aromatic heterocycles. The minimum atomic E-state index is 0.144. The first-order chi connectivity index (χ1) is 8.67. The lowest BCUT2D eigenvalue weighted by atomic mass is 10.2. The zero-order valence-electron chi connectivity index (χ0n) is 10.6. The van der Waals surface area contributed by atoms with Gasteiger partial charge in [-0.1, -0.05) is 12.1 Å². The molecule has 0 fully saturated rings. The molecule has 0 aliphatic heterocycles. The number of likely N-dealkylation sites (N-methyl/N-ethyl adjacent to an activating group) is 1. The topological polar surface area (TPSA) is 59.9 Å². The fourth-order valence-corrected chi connectivity index (χ4v) is 1.37. The van der Waals surface area contributed by atoms with Crippen molar-refractivity contribution in [2.75, 3.05) is 32.1 Å². The van der Waals surface area contributed by atoms with Gasteiger partial charge in [-0.05, 0) is 29.9 Å². The van der Waals surface area contributed by atoms with Crippen LogP contribution in [0.25, 0.3) is 0 Å². The molecule has 1 aromatic rings. The van der Waals surface area contributed by atoms with Gasteiger partial charge < -0.3 is 15.3 Å². The molecule has 0 saturated heterocycles. The van der Waals surface area contributed by atoms with Crippen LogP contribution in [0.5, 0.6) is 0 Å². The number of benzene rings is 1. The Morgan fingerprint density at radius 1 is 1.44 bits per heavy atom. The average Bonchev–Trinajstić information content (AvgIpc) is 2.39. The normalized spacial score (nSPS) is 10.4. The Kier molecular flexibility index (Phi) is 6.10. The van der Waals surface area contributed by atoms with Gasteiger partial charge in [-0.3, -0.25) is 5.43 Å². The Bertz CT molecular complexity index is 405. The summed E-state index contributed by atoms with van der Waals surface area (Å²) in [5.74, 6) is 0. The number of aliphatic hydroxyl groups is 1. The first-order valence-electron chi connectivity index (χ1n) is 5.60. The van der Waals surface area contributed by atoms with Crippen LogP contribution in [0.4, 0.5) is 5.69 Å². The molecular weight excluding hydrogens is 248 g/mol. The van der Waals surface area contributed by atoms with Gasteiger partial charge in [0.15, 0.2) is 5.11 Å². The van der Waals surface area contributed by atoms with E-state index in [-0.39, 0.29) is 6.61 Å². The Morgan fingerprint density at radius 2 is 2.11 bits per heavy atom. The highest BCUT2D eigenvalue weighted by molar-refractivity contribution is 7.80. The van der Waals surface area contributed by atoms with Crippen molar-refractivity contribution in [1.82, 2.24) is 10.7 Å². The molecule has 6 heteroatoms. The molecular formula is C12H18N4OS. The molecule has 0 heterocycles. The zero-order valence-corrected chi connectivity index (χ0v) is 11.4. The molecule has 0 spiro atoms. The zero-order chi connectivity index (χ0) is 13.4. The monoisotopic (exact) mass is 266 g/mol. The highest BCUT2D eigenvalue weighted by Gasteiger charge is 1.98. The van der Waals surface area contributed by atoms with E-state index in [9.17, 15) is 0 Å². The van der Waals surface area contributed by atoms with Crippen molar-refractivity contribution in [3.05, 3.63) is 29.8 Å². The quantitative estimate of drug-likeness (QED) is 0.413. The molecule has 98 valence electrons. The van der Waals surface area contributed by atoms with Crippen LogP contribution in [-0.4, -0.2) is 43.7 Å². The summed E-state index contributed by atoms with van der Waals surface area (Å²) in [5, 5.41) is 16.1. The Hall–Kier alpha value is -1.66. The van der Waals surface area contributed by atoms with E-state index in [0.29, 0.717) is 11.7 Å². The van der Waals surface area contributed by atoms with Gasteiger partial charge in [-0.25, -0.2) is 0 Å². The minimum Gasteiger partial charge on any atom is -0.395 e. The summed E-state index contributed by atoms with van der Waals surface area (Å²) in [4.78, 5) is 1.98. The number of hydrogen-bond acceptors (Lipinski definition) is 4. The van der Waals surface area contributed by atoms with Crippen LogP contribution in [0, 0.1) is 0 Å². The van der Waals surface area contributed by atoms with E-state index in [1.807, 2.05) is 36.2 Å². The van der Waals surface area contributed by atoms with Crippen molar-refractivity contribution in [3.63, 3.8) is 0 Å². The lowest BCUT2D eigenvalue weighted by molar-refractivity contribution is 0.304. The largest absolute Gasteiger partial charge is 0.395 e. The Morgan fingerprint density at radius 3 is 2.67 bits per heavy atom. The van der Waals surface area contributed by atoms with Crippen molar-refractivity contribution >= 4 is 29.2 Å². The Labute approximate surface area is 112 Å². The maximum absolute atomic E-state index is 8.85. The van der Waals surface area contributed by atoms with E-state index >= 15 is 0 Å². The van der Waals surface area contributed by atoms with Crippen molar-refractivity contribution in [2.24, 2.45) is 5.10 Å². The van der Waals surface area contributed by atoms with Crippen LogP contribution in [0.3, 0.4) is 0 Å². The van der Waals surface area contributed by atoms with Gasteiger partial charge in [0.2, 0.25) is 0 Å². The van der Waals surface area contributed by atoms with Crippen molar-refractivity contribution < 1.29 is 5.11 Å². The predicted octanol–water partition coefficient (Wildman–Crippen LogP) is 0.543. The van der Waals surface area contributed by atoms with Gasteiger partial charge in [0.05, 0.1) is 12.8 Å². The van der Waals surface area contributed by atoms with Gasteiger partial charge in [0, 0.05) is 26.3 Å². The molecule has 0 bridgehead atoms. The van der Waals surface area contributed by atoms with Crippen molar-refractivity contribution in [1.29, 1.82) is 0 Å². The molecule has 1 aromatic carbocycles. The second-order valence-corrected chi connectivity index (χ2v) is 4.09. The molecule has 0 saturated carbocycles. The summed E-state index contributed by atoms with van der Waals surface area (Å²) < 4.78 is 0. The van der Waals surface area contributed by atoms with Crippen LogP contribution in [0.2, 0.25) is 0 Å². The summed E-state index contributed by atoms with van der Waals surface area (Å²) in [6, 6.07) is 7.87. The van der Waals surface area contributed by atoms with E-state index in [0.717, 1.165) is 11.3 Å². The SMILES string of the molecule is CNC(=S)N/N=C/c1ccc(N(C)CCO)cc1. The number of hydrazone groups is 1. The third-order valence-electron chi connectivity index (χ3n) is 2.38. The summed E-state index contributed by atoms with van der Waals surface area (Å²) >= 11 is 4.89. The first-order valence-corrected chi connectivity index (χ1v) is 6.01. The maximum atomic E-state index is 8.85. The van der Waals surface area contributed by atoms with Crippen molar-refractivity contribution in [2.45, 2.75) is 0 Å². The van der Waals surface area contributed by atoms with E-state index in [1.165, 1.54) is 0 Å². The number of rotatable bonds is 5. The first kappa shape index (κ1) is 14.4. The minimum absolute atomic E-state index is 0.144. The number of anilines is 1. The second-order valence-electron chi connectivity index (χ2n) is 3.69. The van der Waals surface area contributed by atoms with Crippen LogP contribution in [0.1, 0.15) is 5.56 Å². The van der Waals surface area contributed by atoms with Gasteiger partial charge in [0.1, 0.15) is 0 Å². The van der Waals surface area contributed by atoms with Gasteiger partial charge in [0.25, 0.3) is 0 Å². The lowest BCUT2D eigenvalue weighted by Crippen LogP contribution is -2.28. The average molecular weight is 266 g/mol. The molecule has 5 nitrogen and oxygen atoms in total. The summed E-state index contributed by atoms with van der Waals surface area (Å²) in [6.07, 6.45) is 1.69. The molecule has 1 rings (SSSR count). The fraction of sp³-hybridized carbons (Fsp3) is 0.333. The van der Waals surface area contributed by atoms with Crippen molar-refractivity contribution in [3.8, 4) is 0 Å². The molecule has 0 unspecified atom stereocenters. The molecule has 0 atom stereocenters. The fourth-order valence-electron chi connectivity index (χ4n) is 1.32. The van der Waals surface area contributed by atoms with E-state index in [2.05, 4.69) is 15.8 Å². The molecule has 3 N–H and O–H groups in total. The van der Waals surface area contributed by atoms with E-state index in [4.69, 9.17) is 17.3 Å². The number of hydrogen-bond donors (Lipinski definition) is 3.